The van der Waals surface area contributed by atoms with E-state index in [1.54, 1.807) is 0 Å². The van der Waals surface area contributed by atoms with Gasteiger partial charge < -0.3 is 4.74 Å². The standard InChI is InChI=1S/C10H12F6N2O/c1-8(2,3)18-6(10(14,15)16)5(9(11,12)13)7(17-18)19-4/h1-4H3. The first-order valence-corrected chi connectivity index (χ1v) is 5.12. The molecule has 110 valence electrons. The van der Waals surface area contributed by atoms with Crippen molar-refractivity contribution in [2.24, 2.45) is 0 Å². The van der Waals surface area contributed by atoms with Gasteiger partial charge in [0.25, 0.3) is 0 Å². The molecule has 19 heavy (non-hydrogen) atoms. The van der Waals surface area contributed by atoms with Gasteiger partial charge in [0, 0.05) is 0 Å². The number of aromatic nitrogens is 2. The molecule has 0 aliphatic heterocycles. The zero-order chi connectivity index (χ0) is 15.2. The molecule has 0 aromatic carbocycles. The third-order valence-electron chi connectivity index (χ3n) is 2.23. The van der Waals surface area contributed by atoms with Crippen LogP contribution in [0.4, 0.5) is 26.3 Å². The van der Waals surface area contributed by atoms with Crippen LogP contribution in [-0.4, -0.2) is 16.9 Å². The van der Waals surface area contributed by atoms with Crippen LogP contribution in [0.25, 0.3) is 0 Å². The van der Waals surface area contributed by atoms with Crippen LogP contribution in [0.1, 0.15) is 32.0 Å². The number of rotatable bonds is 1. The first-order valence-electron chi connectivity index (χ1n) is 5.12. The molecule has 1 heterocycles. The lowest BCUT2D eigenvalue weighted by atomic mass is 10.1. The molecule has 0 atom stereocenters. The fourth-order valence-corrected chi connectivity index (χ4v) is 1.54. The SMILES string of the molecule is COc1nn(C(C)(C)C)c(C(F)(F)F)c1C(F)(F)F. The van der Waals surface area contributed by atoms with Crippen molar-refractivity contribution in [3.8, 4) is 5.88 Å². The molecule has 0 N–H and O–H groups in total. The lowest BCUT2D eigenvalue weighted by Crippen LogP contribution is -2.30. The number of hydrogen-bond acceptors (Lipinski definition) is 2. The molecule has 0 aliphatic carbocycles. The van der Waals surface area contributed by atoms with Gasteiger partial charge in [-0.2, -0.15) is 26.3 Å². The summed E-state index contributed by atoms with van der Waals surface area (Å²) in [5, 5.41) is 3.29. The number of alkyl halides is 6. The molecule has 9 heteroatoms. The van der Waals surface area contributed by atoms with Crippen LogP contribution in [0.15, 0.2) is 0 Å². The zero-order valence-electron chi connectivity index (χ0n) is 10.6. The summed E-state index contributed by atoms with van der Waals surface area (Å²) in [6, 6.07) is 0. The van der Waals surface area contributed by atoms with Gasteiger partial charge in [0.15, 0.2) is 5.69 Å². The Labute approximate surface area is 105 Å². The molecule has 0 amide bonds. The number of hydrogen-bond donors (Lipinski definition) is 0. The fraction of sp³-hybridized carbons (Fsp3) is 0.700. The monoisotopic (exact) mass is 290 g/mol. The Morgan fingerprint density at radius 2 is 1.42 bits per heavy atom. The Morgan fingerprint density at radius 1 is 0.947 bits per heavy atom. The average Bonchev–Trinajstić information content (AvgIpc) is 2.54. The Balaban J connectivity index is 3.75. The molecule has 0 bridgehead atoms. The van der Waals surface area contributed by atoms with Gasteiger partial charge in [0.05, 0.1) is 12.6 Å². The van der Waals surface area contributed by atoms with Crippen LogP contribution >= 0.6 is 0 Å². The minimum atomic E-state index is -5.21. The van der Waals surface area contributed by atoms with Crippen LogP contribution in [0.3, 0.4) is 0 Å². The zero-order valence-corrected chi connectivity index (χ0v) is 10.6. The quantitative estimate of drug-likeness (QED) is 0.738. The first-order chi connectivity index (χ1) is 8.30. The highest BCUT2D eigenvalue weighted by molar-refractivity contribution is 5.36. The van der Waals surface area contributed by atoms with E-state index < -0.39 is 35.0 Å². The molecular formula is C10H12F6N2O. The van der Waals surface area contributed by atoms with E-state index in [2.05, 4.69) is 9.84 Å². The summed E-state index contributed by atoms with van der Waals surface area (Å²) in [5.41, 5.74) is -5.04. The van der Waals surface area contributed by atoms with Crippen molar-refractivity contribution >= 4 is 0 Å². The highest BCUT2D eigenvalue weighted by Gasteiger charge is 2.51. The first kappa shape index (κ1) is 15.6. The van der Waals surface area contributed by atoms with Crippen molar-refractivity contribution in [1.29, 1.82) is 0 Å². The van der Waals surface area contributed by atoms with E-state index in [0.717, 1.165) is 7.11 Å². The topological polar surface area (TPSA) is 27.1 Å². The molecule has 0 fully saturated rings. The smallest absolute Gasteiger partial charge is 0.433 e. The third-order valence-corrected chi connectivity index (χ3v) is 2.23. The number of nitrogens with zero attached hydrogens (tertiary/aromatic N) is 2. The van der Waals surface area contributed by atoms with E-state index in [1.165, 1.54) is 20.8 Å². The summed E-state index contributed by atoms with van der Waals surface area (Å²) >= 11 is 0. The van der Waals surface area contributed by atoms with Crippen molar-refractivity contribution in [2.75, 3.05) is 7.11 Å². The molecule has 0 unspecified atom stereocenters. The lowest BCUT2D eigenvalue weighted by molar-refractivity contribution is -0.167. The average molecular weight is 290 g/mol. The lowest BCUT2D eigenvalue weighted by Gasteiger charge is -2.23. The summed E-state index contributed by atoms with van der Waals surface area (Å²) in [5.74, 6) is -1.09. The third kappa shape index (κ3) is 2.95. The van der Waals surface area contributed by atoms with Crippen LogP contribution < -0.4 is 4.74 Å². The Bertz CT molecular complexity index is 466. The van der Waals surface area contributed by atoms with E-state index in [0.29, 0.717) is 0 Å². The van der Waals surface area contributed by atoms with Gasteiger partial charge in [0.1, 0.15) is 5.56 Å². The summed E-state index contributed by atoms with van der Waals surface area (Å²) in [6.07, 6.45) is -10.4. The molecular weight excluding hydrogens is 278 g/mol. The van der Waals surface area contributed by atoms with Crippen molar-refractivity contribution in [3.05, 3.63) is 11.3 Å². The van der Waals surface area contributed by atoms with E-state index in [4.69, 9.17) is 0 Å². The molecule has 0 aliphatic rings. The van der Waals surface area contributed by atoms with E-state index in [-0.39, 0.29) is 4.68 Å². The second-order valence-corrected chi connectivity index (χ2v) is 4.81. The Kier molecular flexibility index (Phi) is 3.55. The van der Waals surface area contributed by atoms with Gasteiger partial charge in [0.2, 0.25) is 5.88 Å². The van der Waals surface area contributed by atoms with Gasteiger partial charge in [-0.3, -0.25) is 4.68 Å². The minimum absolute atomic E-state index is 0.286. The van der Waals surface area contributed by atoms with Gasteiger partial charge in [-0.25, -0.2) is 0 Å². The van der Waals surface area contributed by atoms with E-state index >= 15 is 0 Å². The molecule has 0 radical (unpaired) electrons. The Hall–Kier alpha value is -1.41. The molecule has 1 aromatic rings. The highest BCUT2D eigenvalue weighted by atomic mass is 19.4. The van der Waals surface area contributed by atoms with E-state index in [1.807, 2.05) is 0 Å². The second-order valence-electron chi connectivity index (χ2n) is 4.81. The van der Waals surface area contributed by atoms with Crippen molar-refractivity contribution in [2.45, 2.75) is 38.7 Å². The van der Waals surface area contributed by atoms with Crippen LogP contribution in [-0.2, 0) is 17.9 Å². The highest BCUT2D eigenvalue weighted by Crippen LogP contribution is 2.46. The summed E-state index contributed by atoms with van der Waals surface area (Å²) in [7, 11) is 0.838. The van der Waals surface area contributed by atoms with Gasteiger partial charge >= 0.3 is 12.4 Å². The van der Waals surface area contributed by atoms with Crippen molar-refractivity contribution < 1.29 is 31.1 Å². The molecule has 0 saturated carbocycles. The second kappa shape index (κ2) is 4.31. The predicted molar refractivity (Wildman–Crippen MR) is 53.8 cm³/mol. The van der Waals surface area contributed by atoms with Crippen molar-refractivity contribution in [3.63, 3.8) is 0 Å². The van der Waals surface area contributed by atoms with Crippen molar-refractivity contribution in [1.82, 2.24) is 9.78 Å². The van der Waals surface area contributed by atoms with Crippen LogP contribution in [0.5, 0.6) is 5.88 Å². The minimum Gasteiger partial charge on any atom is -0.479 e. The van der Waals surface area contributed by atoms with Gasteiger partial charge in [-0.15, -0.1) is 5.10 Å². The fourth-order valence-electron chi connectivity index (χ4n) is 1.54. The largest absolute Gasteiger partial charge is 0.479 e. The maximum atomic E-state index is 12.9. The molecule has 3 nitrogen and oxygen atoms in total. The summed E-state index contributed by atoms with van der Waals surface area (Å²) in [6.45, 7) is 3.94. The summed E-state index contributed by atoms with van der Waals surface area (Å²) < 4.78 is 81.7. The predicted octanol–water partition coefficient (Wildman–Crippen LogP) is 3.68. The Morgan fingerprint density at radius 3 is 1.68 bits per heavy atom. The number of halogens is 6. The van der Waals surface area contributed by atoms with E-state index in [9.17, 15) is 26.3 Å². The van der Waals surface area contributed by atoms with Crippen LogP contribution in [0, 0.1) is 0 Å². The molecule has 0 saturated heterocycles. The normalized spacial score (nSPS) is 13.8. The maximum absolute atomic E-state index is 12.9. The molecule has 1 aromatic heterocycles. The van der Waals surface area contributed by atoms with Crippen LogP contribution in [0.2, 0.25) is 0 Å². The number of methoxy groups -OCH3 is 1. The van der Waals surface area contributed by atoms with Gasteiger partial charge in [-0.05, 0) is 20.8 Å². The van der Waals surface area contributed by atoms with Gasteiger partial charge in [-0.1, -0.05) is 0 Å². The summed E-state index contributed by atoms with van der Waals surface area (Å²) in [4.78, 5) is 0. The molecule has 0 spiro atoms. The maximum Gasteiger partial charge on any atom is 0.433 e. The molecule has 1 rings (SSSR count). The number of ether oxygens (including phenoxy) is 1.